The van der Waals surface area contributed by atoms with Gasteiger partial charge in [-0.3, -0.25) is 28.8 Å². The van der Waals surface area contributed by atoms with Gasteiger partial charge in [-0.1, -0.05) is 40.5 Å². The number of carboxylic acids is 6. The molecule has 0 amide bonds. The fourth-order valence-electron chi connectivity index (χ4n) is 1.82. The monoisotopic (exact) mass is 630 g/mol. The van der Waals surface area contributed by atoms with Gasteiger partial charge in [0.1, 0.15) is 30.2 Å². The number of unbranched alkanes of at least 4 members (excludes halogenated alkanes) is 1. The Morgan fingerprint density at radius 3 is 1.14 bits per heavy atom. The van der Waals surface area contributed by atoms with Gasteiger partial charge in [-0.05, 0) is 44.6 Å². The number of aliphatic carboxylic acids is 6. The van der Waals surface area contributed by atoms with Crippen LogP contribution in [-0.2, 0) is 28.8 Å². The summed E-state index contributed by atoms with van der Waals surface area (Å²) >= 11 is 0. The Kier molecular flexibility index (Phi) is 34.4. The van der Waals surface area contributed by atoms with Crippen molar-refractivity contribution in [3.8, 4) is 0 Å². The van der Waals surface area contributed by atoms with E-state index in [2.05, 4.69) is 0 Å². The first-order valence-electron chi connectivity index (χ1n) is 13.3. The molecule has 0 aliphatic carbocycles. The van der Waals surface area contributed by atoms with Crippen LogP contribution < -0.4 is 34.4 Å². The van der Waals surface area contributed by atoms with Crippen LogP contribution in [0.15, 0.2) is 0 Å². The van der Waals surface area contributed by atoms with E-state index in [0.717, 1.165) is 19.3 Å². The van der Waals surface area contributed by atoms with Gasteiger partial charge >= 0.3 is 35.8 Å². The summed E-state index contributed by atoms with van der Waals surface area (Å²) in [6.45, 7) is 9.33. The molecule has 0 heterocycles. The molecule has 18 N–H and O–H groups in total. The summed E-state index contributed by atoms with van der Waals surface area (Å²) in [6.07, 6.45) is 2.75. The topological polar surface area (TPSA) is 380 Å². The van der Waals surface area contributed by atoms with Crippen LogP contribution in [0.25, 0.3) is 0 Å². The predicted octanol–water partition coefficient (Wildman–Crippen LogP) is -1.29. The Balaban J connectivity index is -0.000000141. The van der Waals surface area contributed by atoms with E-state index in [-0.39, 0.29) is 24.7 Å². The molecule has 18 heteroatoms. The molecule has 0 aliphatic rings. The van der Waals surface area contributed by atoms with Crippen LogP contribution in [0.2, 0.25) is 0 Å². The molecular weight excluding hydrogens is 576 g/mol. The second kappa shape index (κ2) is 30.1. The Hall–Kier alpha value is -3.42. The first-order valence-corrected chi connectivity index (χ1v) is 13.3. The maximum atomic E-state index is 10.2. The first-order chi connectivity index (χ1) is 19.5. The molecule has 0 spiro atoms. The van der Waals surface area contributed by atoms with Gasteiger partial charge in [0.15, 0.2) is 0 Å². The summed E-state index contributed by atoms with van der Waals surface area (Å²) in [6, 6.07) is -3.92. The highest BCUT2D eigenvalue weighted by atomic mass is 16.4. The summed E-state index contributed by atoms with van der Waals surface area (Å²) in [5.74, 6) is -5.84. The number of rotatable bonds is 15. The average molecular weight is 631 g/mol. The van der Waals surface area contributed by atoms with E-state index < -0.39 is 66.0 Å². The minimum Gasteiger partial charge on any atom is -0.481 e. The second-order valence-electron chi connectivity index (χ2n) is 9.59. The molecule has 0 rings (SSSR count). The number of carboxylic acid groups (broad SMARTS) is 6. The molecule has 0 saturated carbocycles. The fraction of sp³-hybridized carbons (Fsp3) is 0.760. The number of hydrogen-bond acceptors (Lipinski definition) is 12. The second-order valence-corrected chi connectivity index (χ2v) is 9.59. The van der Waals surface area contributed by atoms with E-state index in [9.17, 15) is 28.8 Å². The lowest BCUT2D eigenvalue weighted by molar-refractivity contribution is -0.141. The zero-order valence-corrected chi connectivity index (χ0v) is 25.6. The van der Waals surface area contributed by atoms with E-state index in [1.807, 2.05) is 13.8 Å². The van der Waals surface area contributed by atoms with Crippen molar-refractivity contribution in [3.63, 3.8) is 0 Å². The van der Waals surface area contributed by atoms with Crippen molar-refractivity contribution in [2.75, 3.05) is 6.54 Å². The molecule has 18 nitrogen and oxygen atoms in total. The third-order valence-electron chi connectivity index (χ3n) is 5.21. The van der Waals surface area contributed by atoms with E-state index in [4.69, 9.17) is 65.0 Å². The molecule has 43 heavy (non-hydrogen) atoms. The van der Waals surface area contributed by atoms with Crippen LogP contribution in [0.3, 0.4) is 0 Å². The highest BCUT2D eigenvalue weighted by Crippen LogP contribution is 2.04. The van der Waals surface area contributed by atoms with Crippen LogP contribution in [0.1, 0.15) is 73.1 Å². The quantitative estimate of drug-likeness (QED) is 0.0935. The SMILES string of the molecule is CC(C)C(N)C(=O)O.CC(N)C(=O)O.CCC(C)C(N)C(=O)O.NC(CCC(=O)O)C(=O)O.NCCCCC(N)C(=O)O. The van der Waals surface area contributed by atoms with E-state index >= 15 is 0 Å². The molecule has 0 aliphatic heterocycles. The summed E-state index contributed by atoms with van der Waals surface area (Å²) in [4.78, 5) is 59.8. The molecule has 0 fully saturated rings. The molecule has 0 bridgehead atoms. The van der Waals surface area contributed by atoms with Crippen LogP contribution in [0, 0.1) is 11.8 Å². The molecule has 0 radical (unpaired) electrons. The minimum atomic E-state index is -1.17. The lowest BCUT2D eigenvalue weighted by Gasteiger charge is -2.11. The lowest BCUT2D eigenvalue weighted by atomic mass is 10.0. The lowest BCUT2D eigenvalue weighted by Crippen LogP contribution is -2.36. The molecule has 0 saturated heterocycles. The van der Waals surface area contributed by atoms with Crippen molar-refractivity contribution >= 4 is 35.8 Å². The van der Waals surface area contributed by atoms with Gasteiger partial charge < -0.3 is 65.0 Å². The molecule has 6 atom stereocenters. The molecule has 6 unspecified atom stereocenters. The van der Waals surface area contributed by atoms with Crippen LogP contribution in [0.5, 0.6) is 0 Å². The number of nitrogens with two attached hydrogens (primary N) is 6. The van der Waals surface area contributed by atoms with Crippen molar-refractivity contribution in [3.05, 3.63) is 0 Å². The van der Waals surface area contributed by atoms with Gasteiger partial charge in [0, 0.05) is 6.42 Å². The van der Waals surface area contributed by atoms with Crippen molar-refractivity contribution in [2.24, 2.45) is 46.2 Å². The maximum Gasteiger partial charge on any atom is 0.320 e. The van der Waals surface area contributed by atoms with Crippen LogP contribution in [0.4, 0.5) is 0 Å². The van der Waals surface area contributed by atoms with Crippen molar-refractivity contribution in [1.82, 2.24) is 0 Å². The number of carbonyl (C=O) groups is 6. The van der Waals surface area contributed by atoms with E-state index in [1.54, 1.807) is 13.8 Å². The Morgan fingerprint density at radius 1 is 0.581 bits per heavy atom. The van der Waals surface area contributed by atoms with Crippen LogP contribution in [-0.4, -0.2) is 103 Å². The van der Waals surface area contributed by atoms with E-state index in [1.165, 1.54) is 6.92 Å². The van der Waals surface area contributed by atoms with Gasteiger partial charge in [0.25, 0.3) is 0 Å². The smallest absolute Gasteiger partial charge is 0.320 e. The zero-order chi connectivity index (χ0) is 35.5. The standard InChI is InChI=1S/C6H14N2O2.C6H13NO2.C5H9NO4.C5H11NO2.C3H7NO2/c7-4-2-1-3-5(8)6(9)10;1-3-4(2)5(7)6(8)9;6-3(5(9)10)1-2-4(7)8;1-3(2)4(6)5(7)8;1-2(4)3(5)6/h5H,1-4,7-8H2,(H,9,10);4-5H,3,7H2,1-2H3,(H,8,9);3H,1-2,6H2,(H,7,8)(H,9,10);3-4H,6H2,1-2H3,(H,7,8);2H,4H2,1H3,(H,5,6). The minimum absolute atomic E-state index is 0.0208. The summed E-state index contributed by atoms with van der Waals surface area (Å²) in [5, 5.41) is 49.0. The Labute approximate surface area is 251 Å². The Morgan fingerprint density at radius 2 is 0.953 bits per heavy atom. The fourth-order valence-corrected chi connectivity index (χ4v) is 1.82. The number of hydrogen-bond donors (Lipinski definition) is 12. The summed E-state index contributed by atoms with van der Waals surface area (Å²) < 4.78 is 0. The van der Waals surface area contributed by atoms with Gasteiger partial charge in [0.05, 0.1) is 0 Å². The summed E-state index contributed by atoms with van der Waals surface area (Å²) in [7, 11) is 0. The molecule has 0 aromatic carbocycles. The van der Waals surface area contributed by atoms with Gasteiger partial charge in [-0.2, -0.15) is 0 Å². The maximum absolute atomic E-state index is 10.2. The van der Waals surface area contributed by atoms with Crippen molar-refractivity contribution in [2.45, 2.75) is 103 Å². The van der Waals surface area contributed by atoms with Crippen molar-refractivity contribution < 1.29 is 59.4 Å². The van der Waals surface area contributed by atoms with Gasteiger partial charge in [0.2, 0.25) is 0 Å². The molecule has 0 aromatic rings. The van der Waals surface area contributed by atoms with Crippen LogP contribution >= 0.6 is 0 Å². The van der Waals surface area contributed by atoms with E-state index in [0.29, 0.717) is 13.0 Å². The predicted molar refractivity (Wildman–Crippen MR) is 158 cm³/mol. The van der Waals surface area contributed by atoms with Gasteiger partial charge in [-0.25, -0.2) is 0 Å². The third-order valence-corrected chi connectivity index (χ3v) is 5.21. The average Bonchev–Trinajstić information content (AvgIpc) is 2.91. The van der Waals surface area contributed by atoms with Crippen molar-refractivity contribution in [1.29, 1.82) is 0 Å². The highest BCUT2D eigenvalue weighted by Gasteiger charge is 2.17. The third kappa shape index (κ3) is 38.6. The normalized spacial score (nSPS) is 14.0. The Bertz CT molecular complexity index is 799. The van der Waals surface area contributed by atoms with Gasteiger partial charge in [-0.15, -0.1) is 0 Å². The zero-order valence-electron chi connectivity index (χ0n) is 25.6. The first kappa shape index (κ1) is 49.3. The summed E-state index contributed by atoms with van der Waals surface area (Å²) in [5.41, 5.74) is 30.7. The molecule has 256 valence electrons. The largest absolute Gasteiger partial charge is 0.481 e. The molecular formula is C25H54N6O12. The highest BCUT2D eigenvalue weighted by molar-refractivity contribution is 5.75. The molecule has 0 aromatic heterocycles.